The van der Waals surface area contributed by atoms with E-state index in [0.29, 0.717) is 17.8 Å². The number of amides is 1. The van der Waals surface area contributed by atoms with Gasteiger partial charge in [-0.1, -0.05) is 50.6 Å². The van der Waals surface area contributed by atoms with Crippen LogP contribution >= 0.6 is 0 Å². The Morgan fingerprint density at radius 3 is 2.56 bits per heavy atom. The van der Waals surface area contributed by atoms with E-state index < -0.39 is 0 Å². The lowest BCUT2D eigenvalue weighted by Gasteiger charge is -2.39. The van der Waals surface area contributed by atoms with Crippen molar-refractivity contribution in [2.45, 2.75) is 97.7 Å². The number of hydrogen-bond acceptors (Lipinski definition) is 4. The average molecular weight is 448 g/mol. The number of ether oxygens (including phenoxy) is 3. The van der Waals surface area contributed by atoms with E-state index in [1.807, 2.05) is 6.08 Å². The number of allylic oxidation sites excluding steroid dienone is 3. The molecule has 0 aliphatic carbocycles. The lowest BCUT2D eigenvalue weighted by Crippen LogP contribution is -2.50. The maximum atomic E-state index is 12.2. The number of carbonyl (C=O) groups excluding carboxylic acids is 1. The molecule has 7 atom stereocenters. The van der Waals surface area contributed by atoms with Gasteiger partial charge in [0, 0.05) is 13.7 Å². The molecule has 2 aliphatic rings. The van der Waals surface area contributed by atoms with Crippen molar-refractivity contribution in [2.24, 2.45) is 17.8 Å². The summed E-state index contributed by atoms with van der Waals surface area (Å²) >= 11 is 0. The van der Waals surface area contributed by atoms with Crippen LogP contribution in [-0.2, 0) is 19.0 Å². The van der Waals surface area contributed by atoms with Crippen molar-refractivity contribution in [3.8, 4) is 0 Å². The third-order valence-corrected chi connectivity index (χ3v) is 6.46. The van der Waals surface area contributed by atoms with Crippen LogP contribution in [-0.4, -0.2) is 50.1 Å². The van der Waals surface area contributed by atoms with Crippen molar-refractivity contribution < 1.29 is 19.0 Å². The number of hydrogen-bond donors (Lipinski definition) is 1. The van der Waals surface area contributed by atoms with E-state index in [9.17, 15) is 4.79 Å². The Kier molecular flexibility index (Phi) is 11.2. The number of carbonyl (C=O) groups is 1. The highest BCUT2D eigenvalue weighted by Gasteiger charge is 2.33. The van der Waals surface area contributed by atoms with E-state index in [1.165, 1.54) is 5.57 Å². The van der Waals surface area contributed by atoms with Crippen molar-refractivity contribution in [1.29, 1.82) is 0 Å². The predicted octanol–water partition coefficient (Wildman–Crippen LogP) is 5.22. The molecular weight excluding hydrogens is 402 g/mol. The van der Waals surface area contributed by atoms with Gasteiger partial charge in [0.1, 0.15) is 0 Å². The van der Waals surface area contributed by atoms with Gasteiger partial charge in [-0.05, 0) is 70.3 Å². The van der Waals surface area contributed by atoms with Crippen LogP contribution in [0, 0.1) is 17.8 Å². The molecule has 2 rings (SSSR count). The lowest BCUT2D eigenvalue weighted by molar-refractivity contribution is -0.123. The molecule has 0 saturated carbocycles. The molecule has 0 aromatic carbocycles. The van der Waals surface area contributed by atoms with Crippen LogP contribution in [0.2, 0.25) is 0 Å². The molecule has 0 bridgehead atoms. The van der Waals surface area contributed by atoms with Crippen LogP contribution in [0.15, 0.2) is 36.0 Å². The minimum Gasteiger partial charge on any atom is -0.384 e. The molecule has 1 N–H and O–H groups in total. The Morgan fingerprint density at radius 1 is 1.12 bits per heavy atom. The molecule has 32 heavy (non-hydrogen) atoms. The molecule has 5 nitrogen and oxygen atoms in total. The van der Waals surface area contributed by atoms with Crippen molar-refractivity contribution in [2.75, 3.05) is 13.7 Å². The highest BCUT2D eigenvalue weighted by atomic mass is 16.5. The molecule has 182 valence electrons. The zero-order valence-electron chi connectivity index (χ0n) is 21.2. The molecule has 2 heterocycles. The number of nitrogens with one attached hydrogen (secondary N) is 1. The van der Waals surface area contributed by atoms with Crippen LogP contribution < -0.4 is 5.32 Å². The van der Waals surface area contributed by atoms with Gasteiger partial charge < -0.3 is 19.5 Å². The Bertz CT molecular complexity index is 669. The summed E-state index contributed by atoms with van der Waals surface area (Å²) in [7, 11) is 1.77. The largest absolute Gasteiger partial charge is 0.384 e. The van der Waals surface area contributed by atoms with Crippen molar-refractivity contribution in [1.82, 2.24) is 5.32 Å². The van der Waals surface area contributed by atoms with Gasteiger partial charge in [-0.2, -0.15) is 0 Å². The predicted molar refractivity (Wildman–Crippen MR) is 130 cm³/mol. The SMILES string of the molecule is COC[C@H]1C[C@@H](/C=C/C(C)=C/C[C@@H]2O[C@H](C)[C@H](NC(=O)/C=C\C(C)C)C[C@@H]2C)O[C@@H](C)C1. The first-order valence-corrected chi connectivity index (χ1v) is 12.3. The topological polar surface area (TPSA) is 56.8 Å². The van der Waals surface area contributed by atoms with Crippen LogP contribution in [0.25, 0.3) is 0 Å². The molecule has 5 heteroatoms. The van der Waals surface area contributed by atoms with Crippen LogP contribution in [0.3, 0.4) is 0 Å². The van der Waals surface area contributed by atoms with Gasteiger partial charge in [-0.15, -0.1) is 0 Å². The summed E-state index contributed by atoms with van der Waals surface area (Å²) < 4.78 is 17.7. The Hall–Kier alpha value is -1.43. The summed E-state index contributed by atoms with van der Waals surface area (Å²) in [6.45, 7) is 13.5. The van der Waals surface area contributed by atoms with E-state index in [-0.39, 0.29) is 36.4 Å². The Balaban J connectivity index is 1.83. The van der Waals surface area contributed by atoms with Gasteiger partial charge in [0.15, 0.2) is 0 Å². The smallest absolute Gasteiger partial charge is 0.243 e. The molecule has 2 saturated heterocycles. The highest BCUT2D eigenvalue weighted by Crippen LogP contribution is 2.29. The standard InChI is InChI=1S/C27H45NO4/c1-18(2)8-13-27(29)28-25-14-20(4)26(32-22(25)6)12-10-19(3)9-11-24-16-23(17-30-7)15-21(5)31-24/h8-11,13,18,20-26H,12,14-17H2,1-7H3,(H,28,29)/b11-9+,13-8-,19-10+/t20-,21-,22+,23+,24+,25+,26-/m0/s1. The Labute approximate surface area is 195 Å². The second-order valence-electron chi connectivity index (χ2n) is 10.1. The molecular formula is C27H45NO4. The second-order valence-corrected chi connectivity index (χ2v) is 10.1. The molecule has 2 fully saturated rings. The summed E-state index contributed by atoms with van der Waals surface area (Å²) in [5.41, 5.74) is 1.23. The molecule has 0 aromatic heterocycles. The summed E-state index contributed by atoms with van der Waals surface area (Å²) in [4.78, 5) is 12.2. The fraction of sp³-hybridized carbons (Fsp3) is 0.741. The van der Waals surface area contributed by atoms with E-state index in [4.69, 9.17) is 14.2 Å². The third kappa shape index (κ3) is 9.21. The summed E-state index contributed by atoms with van der Waals surface area (Å²) in [5.74, 6) is 1.29. The van der Waals surface area contributed by atoms with Crippen LogP contribution in [0.1, 0.15) is 67.2 Å². The molecule has 0 aromatic rings. The van der Waals surface area contributed by atoms with Gasteiger partial charge in [0.2, 0.25) is 5.91 Å². The number of methoxy groups -OCH3 is 1. The lowest BCUT2D eigenvalue weighted by atomic mass is 9.88. The third-order valence-electron chi connectivity index (χ3n) is 6.46. The molecule has 0 radical (unpaired) electrons. The van der Waals surface area contributed by atoms with Gasteiger partial charge in [-0.3, -0.25) is 4.79 Å². The normalized spacial score (nSPS) is 34.5. The molecule has 1 amide bonds. The fourth-order valence-corrected chi connectivity index (χ4v) is 4.65. The maximum absolute atomic E-state index is 12.2. The quantitative estimate of drug-likeness (QED) is 0.389. The zero-order valence-corrected chi connectivity index (χ0v) is 21.2. The first kappa shape index (κ1) is 26.8. The minimum absolute atomic E-state index is 0.00620. The van der Waals surface area contributed by atoms with Crippen LogP contribution in [0.5, 0.6) is 0 Å². The second kappa shape index (κ2) is 13.3. The maximum Gasteiger partial charge on any atom is 0.243 e. The summed E-state index contributed by atoms with van der Waals surface area (Å²) in [6, 6.07) is 0.0565. The van der Waals surface area contributed by atoms with E-state index in [1.54, 1.807) is 13.2 Å². The molecule has 0 spiro atoms. The van der Waals surface area contributed by atoms with Crippen LogP contribution in [0.4, 0.5) is 0 Å². The minimum atomic E-state index is -0.0299. The highest BCUT2D eigenvalue weighted by molar-refractivity contribution is 5.87. The molecule has 2 aliphatic heterocycles. The summed E-state index contributed by atoms with van der Waals surface area (Å²) in [6.07, 6.45) is 14.7. The van der Waals surface area contributed by atoms with Crippen molar-refractivity contribution in [3.05, 3.63) is 36.0 Å². The zero-order chi connectivity index (χ0) is 23.7. The Morgan fingerprint density at radius 2 is 1.88 bits per heavy atom. The average Bonchev–Trinajstić information content (AvgIpc) is 2.72. The van der Waals surface area contributed by atoms with E-state index in [2.05, 4.69) is 65.1 Å². The molecule has 0 unspecified atom stereocenters. The summed E-state index contributed by atoms with van der Waals surface area (Å²) in [5, 5.41) is 3.11. The first-order chi connectivity index (χ1) is 15.2. The monoisotopic (exact) mass is 447 g/mol. The number of rotatable bonds is 9. The first-order valence-electron chi connectivity index (χ1n) is 12.3. The van der Waals surface area contributed by atoms with Gasteiger partial charge >= 0.3 is 0 Å². The van der Waals surface area contributed by atoms with Crippen molar-refractivity contribution in [3.63, 3.8) is 0 Å². The van der Waals surface area contributed by atoms with E-state index >= 15 is 0 Å². The van der Waals surface area contributed by atoms with E-state index in [0.717, 1.165) is 32.3 Å². The van der Waals surface area contributed by atoms with Gasteiger partial charge in [-0.25, -0.2) is 0 Å². The van der Waals surface area contributed by atoms with Gasteiger partial charge in [0.05, 0.1) is 30.5 Å². The fourth-order valence-electron chi connectivity index (χ4n) is 4.65. The van der Waals surface area contributed by atoms with Gasteiger partial charge in [0.25, 0.3) is 0 Å². The van der Waals surface area contributed by atoms with Crippen molar-refractivity contribution >= 4 is 5.91 Å².